The lowest BCUT2D eigenvalue weighted by Gasteiger charge is -2.47. The highest BCUT2D eigenvalue weighted by molar-refractivity contribution is 9.10. The molecule has 0 saturated carbocycles. The van der Waals surface area contributed by atoms with Crippen molar-refractivity contribution >= 4 is 56.6 Å². The summed E-state index contributed by atoms with van der Waals surface area (Å²) in [5.41, 5.74) is 7.73. The summed E-state index contributed by atoms with van der Waals surface area (Å²) in [5, 5.41) is 3.28. The zero-order valence-electron chi connectivity index (χ0n) is 20.3. The summed E-state index contributed by atoms with van der Waals surface area (Å²) in [7, 11) is 1.23. The Morgan fingerprint density at radius 3 is 2.56 bits per heavy atom. The average molecular weight is 571 g/mol. The maximum absolute atomic E-state index is 14.0. The molecule has 186 valence electrons. The van der Waals surface area contributed by atoms with Crippen LogP contribution in [-0.2, 0) is 24.5 Å². The van der Waals surface area contributed by atoms with Gasteiger partial charge in [0.15, 0.2) is 5.78 Å². The molecule has 36 heavy (non-hydrogen) atoms. The number of allylic oxidation sites excluding steroid dienone is 1. The first-order chi connectivity index (χ1) is 16.9. The second-order valence-electron chi connectivity index (χ2n) is 10.2. The first kappa shape index (κ1) is 24.6. The second kappa shape index (κ2) is 8.21. The summed E-state index contributed by atoms with van der Waals surface area (Å²) in [6.45, 7) is 5.89. The smallest absolute Gasteiger partial charge is 0.339 e. The van der Waals surface area contributed by atoms with Crippen molar-refractivity contribution in [3.63, 3.8) is 0 Å². The molecule has 1 amide bonds. The number of hydrogen-bond donors (Lipinski definition) is 2. The number of halogens is 2. The lowest BCUT2D eigenvalue weighted by molar-refractivity contribution is -0.138. The Hall–Kier alpha value is -3.10. The number of Topliss-reactive ketones (excluding diaryl/α,β-unsaturated/α-hetero) is 1. The monoisotopic (exact) mass is 569 g/mol. The van der Waals surface area contributed by atoms with Gasteiger partial charge in [0.1, 0.15) is 16.8 Å². The largest absolute Gasteiger partial charge is 0.466 e. The van der Waals surface area contributed by atoms with E-state index in [9.17, 15) is 14.4 Å². The van der Waals surface area contributed by atoms with Gasteiger partial charge in [0.2, 0.25) is 5.91 Å². The fourth-order valence-corrected chi connectivity index (χ4v) is 6.36. The molecule has 1 unspecified atom stereocenters. The fraction of sp³-hybridized carbons (Fsp3) is 0.296. The van der Waals surface area contributed by atoms with Gasteiger partial charge in [-0.15, -0.1) is 0 Å². The molecule has 0 radical (unpaired) electrons. The number of carbonyl (C=O) groups excluding carboxylic acids is 3. The van der Waals surface area contributed by atoms with Gasteiger partial charge >= 0.3 is 5.97 Å². The van der Waals surface area contributed by atoms with Gasteiger partial charge in [-0.3, -0.25) is 14.5 Å². The van der Waals surface area contributed by atoms with Crippen molar-refractivity contribution in [3.05, 3.63) is 79.7 Å². The van der Waals surface area contributed by atoms with E-state index < -0.39 is 22.7 Å². The molecule has 2 aromatic rings. The number of aryl methyl sites for hydroxylation is 1. The van der Waals surface area contributed by atoms with Gasteiger partial charge in [0.25, 0.3) is 0 Å². The maximum atomic E-state index is 14.0. The van der Waals surface area contributed by atoms with Crippen molar-refractivity contribution in [1.82, 2.24) is 0 Å². The molecule has 0 bridgehead atoms. The van der Waals surface area contributed by atoms with Crippen LogP contribution in [0.3, 0.4) is 0 Å². The van der Waals surface area contributed by atoms with Crippen LogP contribution in [0.5, 0.6) is 0 Å². The first-order valence-corrected chi connectivity index (χ1v) is 12.6. The van der Waals surface area contributed by atoms with Crippen molar-refractivity contribution in [2.75, 3.05) is 17.3 Å². The van der Waals surface area contributed by atoms with E-state index in [2.05, 4.69) is 21.2 Å². The van der Waals surface area contributed by atoms with Crippen molar-refractivity contribution in [2.24, 2.45) is 11.1 Å². The minimum absolute atomic E-state index is 0.000159. The van der Waals surface area contributed by atoms with E-state index >= 15 is 0 Å². The van der Waals surface area contributed by atoms with Gasteiger partial charge in [-0.1, -0.05) is 47.4 Å². The molecule has 3 N–H and O–H groups in total. The zero-order valence-corrected chi connectivity index (χ0v) is 22.6. The third-order valence-corrected chi connectivity index (χ3v) is 7.87. The summed E-state index contributed by atoms with van der Waals surface area (Å²) in [6, 6.07) is 10.7. The molecule has 0 saturated heterocycles. The Morgan fingerprint density at radius 2 is 1.89 bits per heavy atom. The molecule has 2 aromatic carbocycles. The number of hydrogen-bond acceptors (Lipinski definition) is 6. The predicted molar refractivity (Wildman–Crippen MR) is 141 cm³/mol. The lowest BCUT2D eigenvalue weighted by Crippen LogP contribution is -2.54. The van der Waals surface area contributed by atoms with Crippen molar-refractivity contribution in [3.8, 4) is 0 Å². The highest BCUT2D eigenvalue weighted by Gasteiger charge is 2.63. The van der Waals surface area contributed by atoms with Gasteiger partial charge in [0, 0.05) is 33.4 Å². The van der Waals surface area contributed by atoms with E-state index in [1.807, 2.05) is 26.8 Å². The molecule has 0 fully saturated rings. The quantitative estimate of drug-likeness (QED) is 0.487. The van der Waals surface area contributed by atoms with E-state index in [-0.39, 0.29) is 29.2 Å². The third kappa shape index (κ3) is 3.34. The summed E-state index contributed by atoms with van der Waals surface area (Å²) >= 11 is 10.2. The van der Waals surface area contributed by atoms with Crippen LogP contribution in [0.2, 0.25) is 5.02 Å². The minimum Gasteiger partial charge on any atom is -0.466 e. The number of ketones is 1. The Morgan fingerprint density at radius 1 is 1.17 bits per heavy atom. The maximum Gasteiger partial charge on any atom is 0.339 e. The number of benzene rings is 2. The van der Waals surface area contributed by atoms with Gasteiger partial charge in [0.05, 0.1) is 17.8 Å². The highest BCUT2D eigenvalue weighted by Crippen LogP contribution is 2.58. The van der Waals surface area contributed by atoms with E-state index in [4.69, 9.17) is 22.1 Å². The van der Waals surface area contributed by atoms with E-state index in [0.717, 1.165) is 5.56 Å². The molecule has 7 nitrogen and oxygen atoms in total. The molecule has 9 heteroatoms. The number of anilines is 2. The topological polar surface area (TPSA) is 102 Å². The van der Waals surface area contributed by atoms with Crippen LogP contribution in [0.25, 0.3) is 0 Å². The van der Waals surface area contributed by atoms with Gasteiger partial charge in [-0.05, 0) is 54.7 Å². The summed E-state index contributed by atoms with van der Waals surface area (Å²) in [4.78, 5) is 43.1. The van der Waals surface area contributed by atoms with Gasteiger partial charge in [-0.2, -0.15) is 0 Å². The Kier molecular flexibility index (Phi) is 5.61. The first-order valence-electron chi connectivity index (χ1n) is 11.5. The van der Waals surface area contributed by atoms with Crippen LogP contribution in [0.4, 0.5) is 11.4 Å². The van der Waals surface area contributed by atoms with Crippen molar-refractivity contribution in [2.45, 2.75) is 39.0 Å². The van der Waals surface area contributed by atoms with Crippen LogP contribution in [0.15, 0.2) is 63.5 Å². The number of nitrogens with one attached hydrogen (secondary N) is 1. The molecule has 1 spiro atoms. The Bertz CT molecular complexity index is 1440. The van der Waals surface area contributed by atoms with Crippen LogP contribution >= 0.6 is 27.5 Å². The summed E-state index contributed by atoms with van der Waals surface area (Å²) in [5.74, 6) is -1.55. The summed E-state index contributed by atoms with van der Waals surface area (Å²) < 4.78 is 5.86. The molecule has 0 aromatic heterocycles. The number of nitrogens with zero attached hydrogens (tertiary/aromatic N) is 1. The SMILES string of the molecule is COC(=O)C1=C(N)N(c2ccc(C)cc2Cl)C2=C(C(=O)CC(C)(C)C2)C12C(=O)Nc1ccc(Br)cc12. The molecule has 2 heterocycles. The third-order valence-electron chi connectivity index (χ3n) is 7.08. The van der Waals surface area contributed by atoms with Crippen LogP contribution in [0, 0.1) is 12.3 Å². The molecular formula is C27H25BrClN3O4. The molecular weight excluding hydrogens is 546 g/mol. The zero-order chi connectivity index (χ0) is 26.2. The number of nitrogens with two attached hydrogens (primary N) is 1. The average Bonchev–Trinajstić information content (AvgIpc) is 3.05. The number of fused-ring (bicyclic) bond motifs is 3. The highest BCUT2D eigenvalue weighted by atomic mass is 79.9. The second-order valence-corrected chi connectivity index (χ2v) is 11.5. The molecule has 1 atom stereocenters. The van der Waals surface area contributed by atoms with Crippen molar-refractivity contribution in [1.29, 1.82) is 0 Å². The molecule has 2 aliphatic heterocycles. The number of esters is 1. The van der Waals surface area contributed by atoms with Crippen LogP contribution in [0.1, 0.15) is 37.8 Å². The lowest BCUT2D eigenvalue weighted by atomic mass is 9.60. The number of rotatable bonds is 2. The van der Waals surface area contributed by atoms with Crippen LogP contribution in [-0.4, -0.2) is 24.8 Å². The predicted octanol–water partition coefficient (Wildman–Crippen LogP) is 5.11. The number of carbonyl (C=O) groups is 3. The standard InChI is InChI=1S/C27H25BrClN3O4/c1-13-5-8-18(16(29)9-13)32-19-11-26(2,3)12-20(33)21(19)27(22(23(32)30)24(34)36-4)15-10-14(28)6-7-17(15)31-25(27)35/h5-10H,11-12,30H2,1-4H3,(H,31,35). The van der Waals surface area contributed by atoms with Gasteiger partial charge < -0.3 is 15.8 Å². The van der Waals surface area contributed by atoms with E-state index in [1.165, 1.54) is 7.11 Å². The van der Waals surface area contributed by atoms with Crippen LogP contribution < -0.4 is 16.0 Å². The fourth-order valence-electron chi connectivity index (χ4n) is 5.68. The van der Waals surface area contributed by atoms with E-state index in [1.54, 1.807) is 35.2 Å². The minimum atomic E-state index is -1.76. The summed E-state index contributed by atoms with van der Waals surface area (Å²) in [6.07, 6.45) is 0.639. The normalized spacial score (nSPS) is 22.6. The van der Waals surface area contributed by atoms with Gasteiger partial charge in [-0.25, -0.2) is 4.79 Å². The number of amides is 1. The number of ether oxygens (including phenoxy) is 1. The Balaban J connectivity index is 1.95. The molecule has 3 aliphatic rings. The number of methoxy groups -OCH3 is 1. The Labute approximate surface area is 222 Å². The van der Waals surface area contributed by atoms with Crippen molar-refractivity contribution < 1.29 is 19.1 Å². The molecule has 1 aliphatic carbocycles. The molecule has 5 rings (SSSR count). The van der Waals surface area contributed by atoms with E-state index in [0.29, 0.717) is 38.6 Å².